The summed E-state index contributed by atoms with van der Waals surface area (Å²) < 4.78 is 11.5. The van der Waals surface area contributed by atoms with Crippen molar-refractivity contribution < 1.29 is 14.6 Å². The molecular formula is C24H31NO3. The van der Waals surface area contributed by atoms with Gasteiger partial charge in [-0.3, -0.25) is 4.99 Å². The summed E-state index contributed by atoms with van der Waals surface area (Å²) in [5, 5.41) is 9.92. The van der Waals surface area contributed by atoms with Gasteiger partial charge < -0.3 is 14.6 Å². The van der Waals surface area contributed by atoms with E-state index in [1.165, 1.54) is 5.56 Å². The number of methoxy groups -OCH3 is 1. The number of hydrogen-bond acceptors (Lipinski definition) is 4. The highest BCUT2D eigenvalue weighted by Crippen LogP contribution is 2.45. The number of ether oxygens (including phenoxy) is 2. The van der Waals surface area contributed by atoms with Crippen molar-refractivity contribution in [3.05, 3.63) is 59.7 Å². The fraction of sp³-hybridized carbons (Fsp3) is 0.458. The van der Waals surface area contributed by atoms with Crippen molar-refractivity contribution in [1.29, 1.82) is 0 Å². The van der Waals surface area contributed by atoms with Crippen LogP contribution in [-0.4, -0.2) is 37.2 Å². The Labute approximate surface area is 168 Å². The summed E-state index contributed by atoms with van der Waals surface area (Å²) in [6, 6.07) is 15.7. The third kappa shape index (κ3) is 4.56. The maximum atomic E-state index is 9.92. The van der Waals surface area contributed by atoms with E-state index in [9.17, 15) is 5.11 Å². The zero-order valence-corrected chi connectivity index (χ0v) is 17.1. The zero-order valence-electron chi connectivity index (χ0n) is 17.1. The predicted octanol–water partition coefficient (Wildman–Crippen LogP) is 5.13. The highest BCUT2D eigenvalue weighted by atomic mass is 16.5. The Morgan fingerprint density at radius 1 is 1.18 bits per heavy atom. The number of nitrogens with zero attached hydrogens (tertiary/aromatic N) is 1. The lowest BCUT2D eigenvalue weighted by Gasteiger charge is -2.46. The van der Waals surface area contributed by atoms with Crippen LogP contribution in [0, 0.1) is 0 Å². The molecule has 150 valence electrons. The van der Waals surface area contributed by atoms with Crippen molar-refractivity contribution in [3.63, 3.8) is 0 Å². The van der Waals surface area contributed by atoms with Crippen LogP contribution in [-0.2, 0) is 10.2 Å². The number of phenolic OH excluding ortho intramolecular Hbond substituents is 1. The molecule has 1 heterocycles. The summed E-state index contributed by atoms with van der Waals surface area (Å²) in [7, 11) is 1.70. The van der Waals surface area contributed by atoms with Crippen molar-refractivity contribution in [1.82, 2.24) is 0 Å². The lowest BCUT2D eigenvalue weighted by atomic mass is 9.66. The molecule has 4 heteroatoms. The van der Waals surface area contributed by atoms with E-state index in [1.54, 1.807) is 19.4 Å². The smallest absolute Gasteiger partial charge is 0.124 e. The van der Waals surface area contributed by atoms with Gasteiger partial charge in [0.1, 0.15) is 11.5 Å². The Morgan fingerprint density at radius 2 is 1.93 bits per heavy atom. The van der Waals surface area contributed by atoms with Gasteiger partial charge in [0.2, 0.25) is 0 Å². The summed E-state index contributed by atoms with van der Waals surface area (Å²) in [6.45, 7) is 5.88. The molecule has 1 saturated heterocycles. The van der Waals surface area contributed by atoms with Gasteiger partial charge in [-0.1, -0.05) is 31.2 Å². The molecule has 1 fully saturated rings. The van der Waals surface area contributed by atoms with Gasteiger partial charge in [0, 0.05) is 30.3 Å². The molecule has 2 atom stereocenters. The van der Waals surface area contributed by atoms with Gasteiger partial charge in [0.15, 0.2) is 0 Å². The van der Waals surface area contributed by atoms with Gasteiger partial charge in [-0.25, -0.2) is 0 Å². The third-order valence-electron chi connectivity index (χ3n) is 6.08. The van der Waals surface area contributed by atoms with E-state index in [0.717, 1.165) is 43.6 Å². The summed E-state index contributed by atoms with van der Waals surface area (Å²) >= 11 is 0. The van der Waals surface area contributed by atoms with Gasteiger partial charge in [-0.05, 0) is 62.4 Å². The minimum Gasteiger partial charge on any atom is -0.507 e. The average Bonchev–Trinajstić information content (AvgIpc) is 2.72. The molecule has 1 aliphatic rings. The van der Waals surface area contributed by atoms with Crippen LogP contribution in [0.3, 0.4) is 0 Å². The minimum absolute atomic E-state index is 0.0331. The summed E-state index contributed by atoms with van der Waals surface area (Å²) in [4.78, 5) is 4.62. The number of para-hydroxylation sites is 1. The summed E-state index contributed by atoms with van der Waals surface area (Å²) in [6.07, 6.45) is 5.68. The first-order valence-corrected chi connectivity index (χ1v) is 10.1. The van der Waals surface area contributed by atoms with Crippen LogP contribution in [0.5, 0.6) is 11.5 Å². The van der Waals surface area contributed by atoms with Crippen molar-refractivity contribution >= 4 is 6.21 Å². The van der Waals surface area contributed by atoms with E-state index in [0.29, 0.717) is 6.54 Å². The molecule has 28 heavy (non-hydrogen) atoms. The Balaban J connectivity index is 1.81. The van der Waals surface area contributed by atoms with Crippen LogP contribution in [0.4, 0.5) is 0 Å². The highest BCUT2D eigenvalue weighted by Gasteiger charge is 2.43. The molecule has 1 N–H and O–H groups in total. The van der Waals surface area contributed by atoms with Crippen LogP contribution in [0.25, 0.3) is 0 Å². The van der Waals surface area contributed by atoms with Gasteiger partial charge in [0.05, 0.1) is 12.7 Å². The predicted molar refractivity (Wildman–Crippen MR) is 114 cm³/mol. The number of rotatable bonds is 7. The Hall–Kier alpha value is -2.33. The fourth-order valence-corrected chi connectivity index (χ4v) is 4.16. The van der Waals surface area contributed by atoms with Gasteiger partial charge >= 0.3 is 0 Å². The molecule has 1 aliphatic heterocycles. The molecule has 0 aliphatic carbocycles. The average molecular weight is 382 g/mol. The van der Waals surface area contributed by atoms with Gasteiger partial charge in [-0.15, -0.1) is 0 Å². The number of aromatic hydroxyl groups is 1. The molecule has 3 rings (SSSR count). The van der Waals surface area contributed by atoms with Gasteiger partial charge in [0.25, 0.3) is 0 Å². The SMILES string of the molecule is CC[C@@]1(C)C[C@@](CCN=Cc2ccccc2O)(c2ccc(OC)cc2)CCO1. The summed E-state index contributed by atoms with van der Waals surface area (Å²) in [5.41, 5.74) is 2.01. The molecule has 0 amide bonds. The topological polar surface area (TPSA) is 51.1 Å². The largest absolute Gasteiger partial charge is 0.507 e. The molecule has 0 spiro atoms. The lowest BCUT2D eigenvalue weighted by Crippen LogP contribution is -2.45. The normalized spacial score (nSPS) is 25.1. The number of hydrogen-bond donors (Lipinski definition) is 1. The van der Waals surface area contributed by atoms with Crippen molar-refractivity contribution in [3.8, 4) is 11.5 Å². The molecule has 0 saturated carbocycles. The van der Waals surface area contributed by atoms with Crippen LogP contribution in [0.2, 0.25) is 0 Å². The van der Waals surface area contributed by atoms with E-state index in [4.69, 9.17) is 9.47 Å². The van der Waals surface area contributed by atoms with Crippen LogP contribution in [0.1, 0.15) is 50.7 Å². The van der Waals surface area contributed by atoms with Crippen molar-refractivity contribution in [2.24, 2.45) is 4.99 Å². The lowest BCUT2D eigenvalue weighted by molar-refractivity contribution is -0.0976. The Kier molecular flexibility index (Phi) is 6.40. The van der Waals surface area contributed by atoms with Crippen molar-refractivity contribution in [2.45, 2.75) is 50.5 Å². The minimum atomic E-state index is -0.112. The third-order valence-corrected chi connectivity index (χ3v) is 6.08. The first kappa shape index (κ1) is 20.4. The van der Waals surface area contributed by atoms with Gasteiger partial charge in [-0.2, -0.15) is 0 Å². The van der Waals surface area contributed by atoms with Crippen LogP contribution >= 0.6 is 0 Å². The monoisotopic (exact) mass is 381 g/mol. The second kappa shape index (κ2) is 8.78. The van der Waals surface area contributed by atoms with E-state index in [2.05, 4.69) is 31.0 Å². The quantitative estimate of drug-likeness (QED) is 0.677. The molecular weight excluding hydrogens is 350 g/mol. The molecule has 0 radical (unpaired) electrons. The van der Waals surface area contributed by atoms with E-state index in [-0.39, 0.29) is 16.8 Å². The second-order valence-corrected chi connectivity index (χ2v) is 7.93. The molecule has 0 aromatic heterocycles. The fourth-order valence-electron chi connectivity index (χ4n) is 4.16. The standard InChI is InChI=1S/C24H31NO3/c1-4-23(2)18-24(14-16-28-23,20-9-11-21(27-3)12-10-20)13-15-25-17-19-7-5-6-8-22(19)26/h5-12,17,26H,4,13-16,18H2,1-3H3/t23-,24-/m0/s1. The molecule has 0 unspecified atom stereocenters. The number of benzene rings is 2. The second-order valence-electron chi connectivity index (χ2n) is 7.93. The maximum Gasteiger partial charge on any atom is 0.124 e. The van der Waals surface area contributed by atoms with E-state index >= 15 is 0 Å². The van der Waals surface area contributed by atoms with Crippen LogP contribution < -0.4 is 4.74 Å². The molecule has 2 aromatic rings. The first-order valence-electron chi connectivity index (χ1n) is 10.1. The highest BCUT2D eigenvalue weighted by molar-refractivity contribution is 5.83. The Morgan fingerprint density at radius 3 is 2.61 bits per heavy atom. The van der Waals surface area contributed by atoms with Crippen molar-refractivity contribution in [2.75, 3.05) is 20.3 Å². The first-order chi connectivity index (χ1) is 13.5. The molecule has 2 aromatic carbocycles. The zero-order chi connectivity index (χ0) is 20.0. The molecule has 4 nitrogen and oxygen atoms in total. The number of phenols is 1. The number of aliphatic imine (C=N–C) groups is 1. The molecule has 0 bridgehead atoms. The summed E-state index contributed by atoms with van der Waals surface area (Å²) in [5.74, 6) is 1.14. The van der Waals surface area contributed by atoms with Crippen LogP contribution in [0.15, 0.2) is 53.5 Å². The van der Waals surface area contributed by atoms with E-state index < -0.39 is 0 Å². The Bertz CT molecular complexity index is 802. The maximum absolute atomic E-state index is 9.92. The van der Waals surface area contributed by atoms with E-state index in [1.807, 2.05) is 30.3 Å².